The Morgan fingerprint density at radius 3 is 2.79 bits per heavy atom. The molecule has 3 N–H and O–H groups in total. The van der Waals surface area contributed by atoms with Crippen molar-refractivity contribution >= 4 is 17.5 Å². The molecule has 1 aromatic carbocycles. The molecule has 2 saturated heterocycles. The summed E-state index contributed by atoms with van der Waals surface area (Å²) < 4.78 is 17.0. The number of fused-ring (bicyclic) bond motifs is 3. The molecule has 4 rings (SSSR count). The van der Waals surface area contributed by atoms with Crippen LogP contribution in [0.4, 0.5) is 5.69 Å². The second kappa shape index (κ2) is 11.3. The number of nitrogens with one attached hydrogen (secondary N) is 2. The summed E-state index contributed by atoms with van der Waals surface area (Å²) in [5.41, 5.74) is 1.63. The lowest BCUT2D eigenvalue weighted by Crippen LogP contribution is -2.47. The van der Waals surface area contributed by atoms with Crippen molar-refractivity contribution in [2.75, 3.05) is 51.8 Å². The molecule has 9 nitrogen and oxygen atoms in total. The van der Waals surface area contributed by atoms with E-state index in [0.29, 0.717) is 18.7 Å². The number of hydrogen-bond donors (Lipinski definition) is 3. The molecule has 182 valence electrons. The molecule has 3 aliphatic rings. The lowest BCUT2D eigenvalue weighted by molar-refractivity contribution is -0.142. The number of nitrogens with zero attached hydrogens (tertiary/aromatic N) is 1. The summed E-state index contributed by atoms with van der Waals surface area (Å²) in [6, 6.07) is 5.52. The second-order valence-electron chi connectivity index (χ2n) is 9.09. The average Bonchev–Trinajstić information content (AvgIpc) is 3.17. The van der Waals surface area contributed by atoms with Crippen molar-refractivity contribution in [1.82, 2.24) is 10.2 Å². The van der Waals surface area contributed by atoms with Crippen LogP contribution in [0.2, 0.25) is 0 Å². The lowest BCUT2D eigenvalue weighted by Gasteiger charge is -2.37. The quantitative estimate of drug-likeness (QED) is 0.508. The highest BCUT2D eigenvalue weighted by molar-refractivity contribution is 5.91. The molecular formula is C24H35N3O6. The summed E-state index contributed by atoms with van der Waals surface area (Å²) >= 11 is 0. The zero-order valence-electron chi connectivity index (χ0n) is 19.3. The van der Waals surface area contributed by atoms with Crippen LogP contribution >= 0.6 is 0 Å². The van der Waals surface area contributed by atoms with Crippen molar-refractivity contribution in [1.29, 1.82) is 0 Å². The number of piperidine rings is 1. The van der Waals surface area contributed by atoms with Gasteiger partial charge in [0.25, 0.3) is 0 Å². The molecule has 0 unspecified atom stereocenters. The van der Waals surface area contributed by atoms with Crippen LogP contribution in [0.25, 0.3) is 0 Å². The third kappa shape index (κ3) is 6.03. The van der Waals surface area contributed by atoms with E-state index >= 15 is 0 Å². The number of benzene rings is 1. The van der Waals surface area contributed by atoms with Gasteiger partial charge in [-0.15, -0.1) is 0 Å². The van der Waals surface area contributed by atoms with Gasteiger partial charge in [0.05, 0.1) is 19.1 Å². The summed E-state index contributed by atoms with van der Waals surface area (Å²) in [5.74, 6) is 0.443. The van der Waals surface area contributed by atoms with E-state index in [1.54, 1.807) is 6.07 Å². The van der Waals surface area contributed by atoms with Crippen LogP contribution < -0.4 is 15.4 Å². The monoisotopic (exact) mass is 461 g/mol. The number of carbonyl (C=O) groups excluding carboxylic acids is 2. The highest BCUT2D eigenvalue weighted by Crippen LogP contribution is 2.47. The van der Waals surface area contributed by atoms with Gasteiger partial charge in [-0.05, 0) is 50.6 Å². The first-order valence-corrected chi connectivity index (χ1v) is 11.9. The maximum Gasteiger partial charge on any atom is 0.250 e. The van der Waals surface area contributed by atoms with Gasteiger partial charge in [0.2, 0.25) is 11.8 Å². The van der Waals surface area contributed by atoms with Crippen molar-refractivity contribution in [3.05, 3.63) is 23.8 Å². The minimum atomic E-state index is -0.506. The Labute approximate surface area is 194 Å². The predicted molar refractivity (Wildman–Crippen MR) is 122 cm³/mol. The molecule has 0 spiro atoms. The zero-order chi connectivity index (χ0) is 23.2. The lowest BCUT2D eigenvalue weighted by atomic mass is 9.84. The fourth-order valence-corrected chi connectivity index (χ4v) is 5.11. The van der Waals surface area contributed by atoms with Crippen LogP contribution in [0.5, 0.6) is 5.75 Å². The van der Waals surface area contributed by atoms with Gasteiger partial charge in [-0.25, -0.2) is 0 Å². The summed E-state index contributed by atoms with van der Waals surface area (Å²) in [7, 11) is 1.47. The minimum Gasteiger partial charge on any atom is -0.487 e. The van der Waals surface area contributed by atoms with Crippen LogP contribution in [0.1, 0.15) is 43.6 Å². The molecule has 4 atom stereocenters. The molecule has 3 heterocycles. The summed E-state index contributed by atoms with van der Waals surface area (Å²) in [6.45, 7) is 3.53. The predicted octanol–water partition coefficient (Wildman–Crippen LogP) is 1.26. The van der Waals surface area contributed by atoms with E-state index in [2.05, 4.69) is 15.5 Å². The minimum absolute atomic E-state index is 0.0173. The van der Waals surface area contributed by atoms with Crippen LogP contribution in [0, 0.1) is 0 Å². The molecule has 0 aliphatic carbocycles. The Balaban J connectivity index is 1.35. The van der Waals surface area contributed by atoms with Gasteiger partial charge < -0.3 is 34.9 Å². The highest BCUT2D eigenvalue weighted by atomic mass is 16.6. The van der Waals surface area contributed by atoms with Crippen molar-refractivity contribution in [3.8, 4) is 5.75 Å². The number of rotatable bonds is 9. The molecule has 33 heavy (non-hydrogen) atoms. The number of carbonyl (C=O) groups is 2. The van der Waals surface area contributed by atoms with Crippen molar-refractivity contribution in [2.45, 2.75) is 56.3 Å². The van der Waals surface area contributed by atoms with E-state index < -0.39 is 6.10 Å². The number of aliphatic hydroxyl groups excluding tert-OH is 1. The Hall–Kier alpha value is -2.20. The van der Waals surface area contributed by atoms with Crippen molar-refractivity contribution < 1.29 is 28.9 Å². The topological polar surface area (TPSA) is 109 Å². The number of methoxy groups -OCH3 is 1. The Kier molecular flexibility index (Phi) is 8.19. The van der Waals surface area contributed by atoms with E-state index in [4.69, 9.17) is 14.2 Å². The fourth-order valence-electron chi connectivity index (χ4n) is 5.11. The number of amides is 2. The van der Waals surface area contributed by atoms with Crippen LogP contribution in [0.15, 0.2) is 18.2 Å². The standard InChI is InChI=1S/C24H35N3O6/c1-31-15-23(30)26-16-5-6-20-18(11-16)19-12-17(32-21(14-28)24(19)33-20)13-22(29)25-7-10-27-8-3-2-4-9-27/h5-6,11,17,19,21,24,28H,2-4,7-10,12-15H2,1H3,(H,25,29)(H,26,30)/t17-,19+,21+,24-/m0/s1. The van der Waals surface area contributed by atoms with E-state index in [-0.39, 0.29) is 49.6 Å². The SMILES string of the molecule is COCC(=O)Nc1ccc2c(c1)[C@H]1C[C@@H](CC(=O)NCCN3CCCCC3)O[C@H](CO)[C@H]1O2. The number of aliphatic hydroxyl groups is 1. The Morgan fingerprint density at radius 2 is 2.03 bits per heavy atom. The number of hydrogen-bond acceptors (Lipinski definition) is 7. The zero-order valence-corrected chi connectivity index (χ0v) is 19.3. The third-order valence-electron chi connectivity index (χ3n) is 6.67. The Morgan fingerprint density at radius 1 is 1.21 bits per heavy atom. The van der Waals surface area contributed by atoms with Gasteiger partial charge in [-0.2, -0.15) is 0 Å². The molecular weight excluding hydrogens is 426 g/mol. The van der Waals surface area contributed by atoms with Gasteiger partial charge in [-0.3, -0.25) is 9.59 Å². The van der Waals surface area contributed by atoms with Gasteiger partial charge in [0.15, 0.2) is 0 Å². The molecule has 0 bridgehead atoms. The summed E-state index contributed by atoms with van der Waals surface area (Å²) in [4.78, 5) is 26.8. The van der Waals surface area contributed by atoms with Crippen molar-refractivity contribution in [3.63, 3.8) is 0 Å². The number of likely N-dealkylation sites (tertiary alicyclic amines) is 1. The first-order valence-electron chi connectivity index (χ1n) is 11.9. The normalized spacial score (nSPS) is 26.7. The molecule has 9 heteroatoms. The van der Waals surface area contributed by atoms with Gasteiger partial charge >= 0.3 is 0 Å². The third-order valence-corrected chi connectivity index (χ3v) is 6.67. The van der Waals surface area contributed by atoms with Crippen LogP contribution in [-0.2, 0) is 19.1 Å². The van der Waals surface area contributed by atoms with Crippen LogP contribution in [0.3, 0.4) is 0 Å². The smallest absolute Gasteiger partial charge is 0.250 e. The maximum atomic E-state index is 12.6. The van der Waals surface area contributed by atoms with Gasteiger partial charge in [-0.1, -0.05) is 6.42 Å². The van der Waals surface area contributed by atoms with Gasteiger partial charge in [0.1, 0.15) is 24.6 Å². The van der Waals surface area contributed by atoms with Crippen LogP contribution in [-0.4, -0.2) is 86.6 Å². The highest BCUT2D eigenvalue weighted by Gasteiger charge is 2.46. The van der Waals surface area contributed by atoms with E-state index in [1.807, 2.05) is 12.1 Å². The molecule has 2 fully saturated rings. The Bertz CT molecular complexity index is 828. The fraction of sp³-hybridized carbons (Fsp3) is 0.667. The summed E-state index contributed by atoms with van der Waals surface area (Å²) in [6.07, 6.45) is 3.50. The van der Waals surface area contributed by atoms with E-state index in [1.165, 1.54) is 26.4 Å². The van der Waals surface area contributed by atoms with Gasteiger partial charge in [0, 0.05) is 37.4 Å². The average molecular weight is 462 g/mol. The molecule has 1 aromatic rings. The first-order chi connectivity index (χ1) is 16.1. The summed E-state index contributed by atoms with van der Waals surface area (Å²) in [5, 5.41) is 15.7. The number of anilines is 1. The molecule has 3 aliphatic heterocycles. The molecule has 0 aromatic heterocycles. The largest absolute Gasteiger partial charge is 0.487 e. The second-order valence-corrected chi connectivity index (χ2v) is 9.09. The van der Waals surface area contributed by atoms with E-state index in [9.17, 15) is 14.7 Å². The molecule has 0 radical (unpaired) electrons. The van der Waals surface area contributed by atoms with E-state index in [0.717, 1.165) is 30.9 Å². The van der Waals surface area contributed by atoms with Crippen molar-refractivity contribution in [2.24, 2.45) is 0 Å². The first kappa shape index (κ1) is 23.9. The molecule has 2 amide bonds. The number of ether oxygens (including phenoxy) is 3. The maximum absolute atomic E-state index is 12.6. The molecule has 0 saturated carbocycles.